The van der Waals surface area contributed by atoms with Gasteiger partial charge in [0, 0.05) is 12.5 Å². The Hall–Kier alpha value is -1.42. The van der Waals surface area contributed by atoms with Crippen molar-refractivity contribution in [1.82, 2.24) is 0 Å². The van der Waals surface area contributed by atoms with E-state index in [2.05, 4.69) is 5.32 Å². The summed E-state index contributed by atoms with van der Waals surface area (Å²) in [4.78, 5) is 11.5. The lowest BCUT2D eigenvalue weighted by molar-refractivity contribution is -0.119. The second-order valence-corrected chi connectivity index (χ2v) is 3.82. The van der Waals surface area contributed by atoms with E-state index in [1.807, 2.05) is 13.8 Å². The number of hydrogen-bond donors (Lipinski definition) is 2. The highest BCUT2D eigenvalue weighted by Crippen LogP contribution is 2.17. The van der Waals surface area contributed by atoms with Gasteiger partial charge in [-0.3, -0.25) is 4.79 Å². The van der Waals surface area contributed by atoms with Gasteiger partial charge in [-0.15, -0.1) is 0 Å². The summed E-state index contributed by atoms with van der Waals surface area (Å²) in [5.41, 5.74) is 6.30. The second-order valence-electron chi connectivity index (χ2n) is 3.82. The summed E-state index contributed by atoms with van der Waals surface area (Å²) in [5.74, 6) is -0.727. The lowest BCUT2D eigenvalue weighted by atomic mass is 10.1. The van der Waals surface area contributed by atoms with Crippen LogP contribution < -0.4 is 11.1 Å². The molecule has 0 spiro atoms. The fourth-order valence-electron chi connectivity index (χ4n) is 1.23. The zero-order valence-electron chi connectivity index (χ0n) is 9.59. The van der Waals surface area contributed by atoms with Gasteiger partial charge in [-0.2, -0.15) is 0 Å². The van der Waals surface area contributed by atoms with Gasteiger partial charge in [-0.25, -0.2) is 4.39 Å². The third-order valence-electron chi connectivity index (χ3n) is 2.59. The molecule has 16 heavy (non-hydrogen) atoms. The molecule has 3 nitrogen and oxygen atoms in total. The molecule has 0 heterocycles. The maximum atomic E-state index is 13.5. The Morgan fingerprint density at radius 1 is 1.56 bits per heavy atom. The number of amides is 1. The van der Waals surface area contributed by atoms with Gasteiger partial charge in [0.25, 0.3) is 0 Å². The van der Waals surface area contributed by atoms with E-state index in [9.17, 15) is 9.18 Å². The lowest BCUT2D eigenvalue weighted by Crippen LogP contribution is -2.20. The molecule has 88 valence electrons. The van der Waals surface area contributed by atoms with Crippen LogP contribution in [0.3, 0.4) is 0 Å². The first-order valence-electron chi connectivity index (χ1n) is 5.37. The van der Waals surface area contributed by atoms with Crippen LogP contribution in [0, 0.1) is 11.7 Å². The molecule has 0 aliphatic heterocycles. The van der Waals surface area contributed by atoms with Crippen molar-refractivity contribution in [3.63, 3.8) is 0 Å². The predicted octanol–water partition coefficient (Wildman–Crippen LogP) is 2.27. The van der Waals surface area contributed by atoms with Crippen molar-refractivity contribution in [1.29, 1.82) is 0 Å². The monoisotopic (exact) mass is 224 g/mol. The molecule has 1 rings (SSSR count). The predicted molar refractivity (Wildman–Crippen MR) is 62.4 cm³/mol. The summed E-state index contributed by atoms with van der Waals surface area (Å²) >= 11 is 0. The zero-order valence-corrected chi connectivity index (χ0v) is 9.59. The molecular formula is C12H17FN2O. The van der Waals surface area contributed by atoms with E-state index in [-0.39, 0.29) is 24.1 Å². The van der Waals surface area contributed by atoms with Crippen LogP contribution in [0.2, 0.25) is 0 Å². The molecule has 0 bridgehead atoms. The molecule has 4 heteroatoms. The minimum absolute atomic E-state index is 0.117. The summed E-state index contributed by atoms with van der Waals surface area (Å²) < 4.78 is 13.5. The molecule has 0 saturated carbocycles. The maximum Gasteiger partial charge on any atom is 0.227 e. The van der Waals surface area contributed by atoms with Crippen LogP contribution in [0.1, 0.15) is 25.8 Å². The highest BCUT2D eigenvalue weighted by Gasteiger charge is 2.12. The summed E-state index contributed by atoms with van der Waals surface area (Å²) in [6, 6.07) is 4.58. The number of carbonyl (C=O) groups excluding carboxylic acids is 1. The van der Waals surface area contributed by atoms with E-state index < -0.39 is 5.82 Å². The van der Waals surface area contributed by atoms with Crippen molar-refractivity contribution in [2.75, 3.05) is 5.32 Å². The summed E-state index contributed by atoms with van der Waals surface area (Å²) in [5, 5.41) is 2.56. The van der Waals surface area contributed by atoms with Crippen LogP contribution in [-0.4, -0.2) is 5.91 Å². The van der Waals surface area contributed by atoms with Crippen LogP contribution in [0.15, 0.2) is 18.2 Å². The van der Waals surface area contributed by atoms with Gasteiger partial charge in [-0.05, 0) is 24.1 Å². The van der Waals surface area contributed by atoms with E-state index in [1.54, 1.807) is 6.07 Å². The molecule has 0 saturated heterocycles. The standard InChI is InChI=1S/C12H17FN2O/c1-3-8(2)12(16)15-11-5-4-9(7-14)6-10(11)13/h4-6,8H,3,7,14H2,1-2H3,(H,15,16). The molecule has 0 aliphatic carbocycles. The number of carbonyl (C=O) groups is 1. The van der Waals surface area contributed by atoms with Crippen molar-refractivity contribution in [2.45, 2.75) is 26.8 Å². The molecule has 0 radical (unpaired) electrons. The van der Waals surface area contributed by atoms with Gasteiger partial charge >= 0.3 is 0 Å². The molecule has 0 aromatic heterocycles. The molecule has 1 atom stereocenters. The zero-order chi connectivity index (χ0) is 12.1. The number of anilines is 1. The van der Waals surface area contributed by atoms with Crippen molar-refractivity contribution >= 4 is 11.6 Å². The Morgan fingerprint density at radius 3 is 2.75 bits per heavy atom. The molecule has 1 aromatic carbocycles. The first kappa shape index (κ1) is 12.6. The lowest BCUT2D eigenvalue weighted by Gasteiger charge is -2.11. The number of rotatable bonds is 4. The Kier molecular flexibility index (Phi) is 4.43. The molecule has 1 unspecified atom stereocenters. The first-order chi connectivity index (χ1) is 7.58. The average Bonchev–Trinajstić information content (AvgIpc) is 2.30. The van der Waals surface area contributed by atoms with Gasteiger partial charge in [0.05, 0.1) is 5.69 Å². The third-order valence-corrected chi connectivity index (χ3v) is 2.59. The Bertz CT molecular complexity index is 379. The Morgan fingerprint density at radius 2 is 2.25 bits per heavy atom. The summed E-state index contributed by atoms with van der Waals surface area (Å²) in [6.07, 6.45) is 0.730. The van der Waals surface area contributed by atoms with E-state index >= 15 is 0 Å². The second kappa shape index (κ2) is 5.61. The highest BCUT2D eigenvalue weighted by molar-refractivity contribution is 5.92. The summed E-state index contributed by atoms with van der Waals surface area (Å²) in [6.45, 7) is 4.01. The largest absolute Gasteiger partial charge is 0.326 e. The van der Waals surface area contributed by atoms with E-state index in [4.69, 9.17) is 5.73 Å². The van der Waals surface area contributed by atoms with Crippen LogP contribution in [0.4, 0.5) is 10.1 Å². The fourth-order valence-corrected chi connectivity index (χ4v) is 1.23. The summed E-state index contributed by atoms with van der Waals surface area (Å²) in [7, 11) is 0. The van der Waals surface area contributed by atoms with Gasteiger partial charge in [0.1, 0.15) is 5.82 Å². The Labute approximate surface area is 94.8 Å². The van der Waals surface area contributed by atoms with Crippen LogP contribution >= 0.6 is 0 Å². The third kappa shape index (κ3) is 3.03. The quantitative estimate of drug-likeness (QED) is 0.824. The SMILES string of the molecule is CCC(C)C(=O)Nc1ccc(CN)cc1F. The molecule has 1 amide bonds. The van der Waals surface area contributed by atoms with Crippen LogP contribution in [0.25, 0.3) is 0 Å². The minimum Gasteiger partial charge on any atom is -0.326 e. The van der Waals surface area contributed by atoms with Crippen molar-refractivity contribution in [2.24, 2.45) is 11.7 Å². The molecule has 0 fully saturated rings. The topological polar surface area (TPSA) is 55.1 Å². The normalized spacial score (nSPS) is 12.2. The molecule has 3 N–H and O–H groups in total. The van der Waals surface area contributed by atoms with E-state index in [0.717, 1.165) is 6.42 Å². The van der Waals surface area contributed by atoms with Gasteiger partial charge in [0.2, 0.25) is 5.91 Å². The minimum atomic E-state index is -0.445. The number of benzene rings is 1. The number of hydrogen-bond acceptors (Lipinski definition) is 2. The Balaban J connectivity index is 2.78. The van der Waals surface area contributed by atoms with Crippen LogP contribution in [-0.2, 0) is 11.3 Å². The van der Waals surface area contributed by atoms with Crippen molar-refractivity contribution in [3.05, 3.63) is 29.6 Å². The van der Waals surface area contributed by atoms with E-state index in [1.165, 1.54) is 12.1 Å². The number of halogens is 1. The molecule has 0 aliphatic rings. The van der Waals surface area contributed by atoms with Crippen LogP contribution in [0.5, 0.6) is 0 Å². The van der Waals surface area contributed by atoms with E-state index in [0.29, 0.717) is 5.56 Å². The van der Waals surface area contributed by atoms with Gasteiger partial charge < -0.3 is 11.1 Å². The average molecular weight is 224 g/mol. The smallest absolute Gasteiger partial charge is 0.227 e. The highest BCUT2D eigenvalue weighted by atomic mass is 19.1. The van der Waals surface area contributed by atoms with Gasteiger partial charge in [0.15, 0.2) is 0 Å². The van der Waals surface area contributed by atoms with Gasteiger partial charge in [-0.1, -0.05) is 19.9 Å². The van der Waals surface area contributed by atoms with Crippen molar-refractivity contribution in [3.8, 4) is 0 Å². The maximum absolute atomic E-state index is 13.5. The molecular weight excluding hydrogens is 207 g/mol. The number of nitrogens with one attached hydrogen (secondary N) is 1. The first-order valence-corrected chi connectivity index (χ1v) is 5.37. The molecule has 1 aromatic rings. The number of nitrogens with two attached hydrogens (primary N) is 1. The fraction of sp³-hybridized carbons (Fsp3) is 0.417. The van der Waals surface area contributed by atoms with Crippen molar-refractivity contribution < 1.29 is 9.18 Å².